The SMILES string of the molecule is Cc1ccc(NC(=O)CN2CC(C)CCC2C)c(N)c1. The Morgan fingerprint density at radius 2 is 2.15 bits per heavy atom. The molecule has 1 fully saturated rings. The van der Waals surface area contributed by atoms with Crippen LogP contribution in [-0.2, 0) is 4.79 Å². The van der Waals surface area contributed by atoms with Crippen molar-refractivity contribution in [3.8, 4) is 0 Å². The molecule has 0 aliphatic carbocycles. The molecule has 1 heterocycles. The Kier molecular flexibility index (Phi) is 4.65. The lowest BCUT2D eigenvalue weighted by Crippen LogP contribution is -2.45. The molecule has 1 saturated heterocycles. The third-order valence-corrected chi connectivity index (χ3v) is 4.07. The van der Waals surface area contributed by atoms with Crippen LogP contribution in [0.2, 0.25) is 0 Å². The van der Waals surface area contributed by atoms with Crippen LogP contribution in [-0.4, -0.2) is 29.9 Å². The van der Waals surface area contributed by atoms with Gasteiger partial charge in [-0.25, -0.2) is 0 Å². The molecule has 1 amide bonds. The van der Waals surface area contributed by atoms with E-state index in [1.54, 1.807) is 0 Å². The summed E-state index contributed by atoms with van der Waals surface area (Å²) < 4.78 is 0. The molecule has 1 aromatic carbocycles. The minimum Gasteiger partial charge on any atom is -0.397 e. The van der Waals surface area contributed by atoms with Crippen molar-refractivity contribution in [2.75, 3.05) is 24.1 Å². The van der Waals surface area contributed by atoms with Crippen LogP contribution in [0.5, 0.6) is 0 Å². The highest BCUT2D eigenvalue weighted by molar-refractivity contribution is 5.95. The fourth-order valence-electron chi connectivity index (χ4n) is 2.77. The summed E-state index contributed by atoms with van der Waals surface area (Å²) in [6.07, 6.45) is 2.42. The molecule has 2 rings (SSSR count). The summed E-state index contributed by atoms with van der Waals surface area (Å²) in [5.74, 6) is 0.685. The maximum atomic E-state index is 12.2. The highest BCUT2D eigenvalue weighted by atomic mass is 16.2. The smallest absolute Gasteiger partial charge is 0.238 e. The van der Waals surface area contributed by atoms with E-state index in [0.29, 0.717) is 29.9 Å². The van der Waals surface area contributed by atoms with Gasteiger partial charge in [-0.3, -0.25) is 9.69 Å². The Balaban J connectivity index is 1.94. The van der Waals surface area contributed by atoms with Gasteiger partial charge >= 0.3 is 0 Å². The summed E-state index contributed by atoms with van der Waals surface area (Å²) >= 11 is 0. The highest BCUT2D eigenvalue weighted by Gasteiger charge is 2.24. The van der Waals surface area contributed by atoms with E-state index in [4.69, 9.17) is 5.73 Å². The number of nitrogens with one attached hydrogen (secondary N) is 1. The van der Waals surface area contributed by atoms with Gasteiger partial charge in [-0.1, -0.05) is 13.0 Å². The Bertz CT molecular complexity index is 487. The number of hydrogen-bond acceptors (Lipinski definition) is 3. The fourth-order valence-corrected chi connectivity index (χ4v) is 2.77. The number of rotatable bonds is 3. The number of hydrogen-bond donors (Lipinski definition) is 2. The van der Waals surface area contributed by atoms with Crippen LogP contribution < -0.4 is 11.1 Å². The lowest BCUT2D eigenvalue weighted by Gasteiger charge is -2.36. The van der Waals surface area contributed by atoms with E-state index in [9.17, 15) is 4.79 Å². The maximum Gasteiger partial charge on any atom is 0.238 e. The Labute approximate surface area is 121 Å². The second-order valence-electron chi connectivity index (χ2n) is 6.10. The molecule has 0 radical (unpaired) electrons. The van der Waals surface area contributed by atoms with Crippen LogP contribution >= 0.6 is 0 Å². The van der Waals surface area contributed by atoms with Gasteiger partial charge in [-0.15, -0.1) is 0 Å². The Hall–Kier alpha value is -1.55. The molecule has 0 bridgehead atoms. The zero-order valence-electron chi connectivity index (χ0n) is 12.6. The second kappa shape index (κ2) is 6.27. The Morgan fingerprint density at radius 1 is 1.40 bits per heavy atom. The van der Waals surface area contributed by atoms with Crippen molar-refractivity contribution in [3.05, 3.63) is 23.8 Å². The molecule has 20 heavy (non-hydrogen) atoms. The van der Waals surface area contributed by atoms with Crippen LogP contribution in [0.25, 0.3) is 0 Å². The van der Waals surface area contributed by atoms with Crippen molar-refractivity contribution >= 4 is 17.3 Å². The first-order chi connectivity index (χ1) is 9.45. The zero-order valence-corrected chi connectivity index (χ0v) is 12.6. The van der Waals surface area contributed by atoms with Crippen molar-refractivity contribution in [1.29, 1.82) is 0 Å². The molecule has 2 atom stereocenters. The summed E-state index contributed by atoms with van der Waals surface area (Å²) in [6.45, 7) is 7.86. The summed E-state index contributed by atoms with van der Waals surface area (Å²) in [5, 5.41) is 2.91. The number of nitrogens with two attached hydrogens (primary N) is 1. The number of benzene rings is 1. The van der Waals surface area contributed by atoms with E-state index in [0.717, 1.165) is 12.1 Å². The number of nitrogen functional groups attached to an aromatic ring is 1. The predicted molar refractivity (Wildman–Crippen MR) is 83.7 cm³/mol. The van der Waals surface area contributed by atoms with Crippen LogP contribution in [0.15, 0.2) is 18.2 Å². The molecule has 4 nitrogen and oxygen atoms in total. The summed E-state index contributed by atoms with van der Waals surface area (Å²) in [4.78, 5) is 14.4. The molecular formula is C16H25N3O. The fraction of sp³-hybridized carbons (Fsp3) is 0.562. The third kappa shape index (κ3) is 3.73. The predicted octanol–water partition coefficient (Wildman–Crippen LogP) is 2.64. The number of carbonyl (C=O) groups excluding carboxylic acids is 1. The number of nitrogens with zero attached hydrogens (tertiary/aromatic N) is 1. The van der Waals surface area contributed by atoms with E-state index in [-0.39, 0.29) is 5.91 Å². The second-order valence-corrected chi connectivity index (χ2v) is 6.10. The van der Waals surface area contributed by atoms with E-state index in [1.807, 2.05) is 25.1 Å². The molecule has 1 aliphatic rings. The van der Waals surface area contributed by atoms with Crippen LogP contribution in [0.1, 0.15) is 32.3 Å². The first-order valence-corrected chi connectivity index (χ1v) is 7.35. The monoisotopic (exact) mass is 275 g/mol. The van der Waals surface area contributed by atoms with E-state index < -0.39 is 0 Å². The molecule has 0 saturated carbocycles. The molecule has 2 unspecified atom stereocenters. The first-order valence-electron chi connectivity index (χ1n) is 7.35. The van der Waals surface area contributed by atoms with Crippen LogP contribution in [0.3, 0.4) is 0 Å². The van der Waals surface area contributed by atoms with Gasteiger partial charge in [0.2, 0.25) is 5.91 Å². The van der Waals surface area contributed by atoms with Crippen molar-refractivity contribution in [1.82, 2.24) is 4.90 Å². The van der Waals surface area contributed by atoms with E-state index in [1.165, 1.54) is 12.8 Å². The average Bonchev–Trinajstić information content (AvgIpc) is 2.37. The number of likely N-dealkylation sites (tertiary alicyclic amines) is 1. The van der Waals surface area contributed by atoms with Gasteiger partial charge < -0.3 is 11.1 Å². The van der Waals surface area contributed by atoms with Gasteiger partial charge in [0, 0.05) is 12.6 Å². The number of piperidine rings is 1. The molecule has 1 aromatic rings. The average molecular weight is 275 g/mol. The zero-order chi connectivity index (χ0) is 14.7. The number of anilines is 2. The first kappa shape index (κ1) is 14.9. The number of carbonyl (C=O) groups is 1. The molecule has 0 aromatic heterocycles. The third-order valence-electron chi connectivity index (χ3n) is 4.07. The van der Waals surface area contributed by atoms with Crippen molar-refractivity contribution in [3.63, 3.8) is 0 Å². The topological polar surface area (TPSA) is 58.4 Å². The number of amides is 1. The summed E-state index contributed by atoms with van der Waals surface area (Å²) in [7, 11) is 0. The van der Waals surface area contributed by atoms with Crippen LogP contribution in [0.4, 0.5) is 11.4 Å². The largest absolute Gasteiger partial charge is 0.397 e. The lowest BCUT2D eigenvalue weighted by molar-refractivity contribution is -0.118. The molecule has 4 heteroatoms. The maximum absolute atomic E-state index is 12.2. The van der Waals surface area contributed by atoms with Gasteiger partial charge in [0.1, 0.15) is 0 Å². The van der Waals surface area contributed by atoms with Gasteiger partial charge in [-0.05, 0) is 50.3 Å². The molecule has 110 valence electrons. The quantitative estimate of drug-likeness (QED) is 0.834. The standard InChI is InChI=1S/C16H25N3O/c1-11-5-7-15(14(17)8-11)18-16(20)10-19-9-12(2)4-6-13(19)3/h5,7-8,12-13H,4,6,9-10,17H2,1-3H3,(H,18,20). The normalized spacial score (nSPS) is 23.6. The molecule has 3 N–H and O–H groups in total. The van der Waals surface area contributed by atoms with Crippen molar-refractivity contribution in [2.45, 2.75) is 39.7 Å². The minimum absolute atomic E-state index is 0.0153. The molecular weight excluding hydrogens is 250 g/mol. The number of aryl methyl sites for hydroxylation is 1. The van der Waals surface area contributed by atoms with Gasteiger partial charge in [0.05, 0.1) is 17.9 Å². The van der Waals surface area contributed by atoms with Gasteiger partial charge in [-0.2, -0.15) is 0 Å². The van der Waals surface area contributed by atoms with E-state index >= 15 is 0 Å². The molecule has 1 aliphatic heterocycles. The van der Waals surface area contributed by atoms with Gasteiger partial charge in [0.15, 0.2) is 0 Å². The Morgan fingerprint density at radius 3 is 2.85 bits per heavy atom. The summed E-state index contributed by atoms with van der Waals surface area (Å²) in [5.41, 5.74) is 8.35. The van der Waals surface area contributed by atoms with Gasteiger partial charge in [0.25, 0.3) is 0 Å². The van der Waals surface area contributed by atoms with E-state index in [2.05, 4.69) is 24.1 Å². The van der Waals surface area contributed by atoms with Crippen molar-refractivity contribution < 1.29 is 4.79 Å². The van der Waals surface area contributed by atoms with Crippen LogP contribution in [0, 0.1) is 12.8 Å². The lowest BCUT2D eigenvalue weighted by atomic mass is 9.95. The highest BCUT2D eigenvalue weighted by Crippen LogP contribution is 2.22. The minimum atomic E-state index is 0.0153. The molecule has 0 spiro atoms. The van der Waals surface area contributed by atoms with Crippen molar-refractivity contribution in [2.24, 2.45) is 5.92 Å². The summed E-state index contributed by atoms with van der Waals surface area (Å²) in [6, 6.07) is 6.18.